The van der Waals surface area contributed by atoms with Crippen LogP contribution in [0.4, 0.5) is 5.13 Å². The molecular weight excluding hydrogens is 466 g/mol. The predicted molar refractivity (Wildman–Crippen MR) is 142 cm³/mol. The number of aryl methyl sites for hydroxylation is 3. The number of hydrogen-bond donors (Lipinski definition) is 0. The third-order valence-corrected chi connectivity index (χ3v) is 9.10. The standard InChI is InChI=1S/C26H35N3O3S2/c1-6-28(7-2)14-15-29(26-27-23-18-20(4)17-21(5)25(23)33-26)24(30)9-8-16-34(31,32)22-12-10-19(3)11-13-22/h10-13,17-18H,6-9,14-16H2,1-5H3. The van der Waals surface area contributed by atoms with E-state index in [4.69, 9.17) is 4.98 Å². The summed E-state index contributed by atoms with van der Waals surface area (Å²) in [5.74, 6) is -0.135. The van der Waals surface area contributed by atoms with Crippen LogP contribution in [0.15, 0.2) is 41.3 Å². The van der Waals surface area contributed by atoms with Crippen LogP contribution in [0.2, 0.25) is 0 Å². The van der Waals surface area contributed by atoms with E-state index in [2.05, 4.69) is 31.7 Å². The van der Waals surface area contributed by atoms with Gasteiger partial charge in [-0.25, -0.2) is 13.4 Å². The first kappa shape index (κ1) is 26.3. The van der Waals surface area contributed by atoms with Crippen molar-refractivity contribution in [2.75, 3.05) is 36.8 Å². The van der Waals surface area contributed by atoms with Gasteiger partial charge in [0.25, 0.3) is 0 Å². The second-order valence-electron chi connectivity index (χ2n) is 8.73. The lowest BCUT2D eigenvalue weighted by Gasteiger charge is -2.24. The van der Waals surface area contributed by atoms with Gasteiger partial charge in [-0.15, -0.1) is 0 Å². The van der Waals surface area contributed by atoms with Crippen molar-refractivity contribution in [2.45, 2.75) is 52.4 Å². The van der Waals surface area contributed by atoms with E-state index < -0.39 is 9.84 Å². The first-order valence-corrected chi connectivity index (χ1v) is 14.3. The summed E-state index contributed by atoms with van der Waals surface area (Å²) in [4.78, 5) is 22.4. The molecule has 0 bridgehead atoms. The van der Waals surface area contributed by atoms with Crippen LogP contribution in [0.25, 0.3) is 10.2 Å². The molecule has 1 amide bonds. The molecule has 3 aromatic rings. The van der Waals surface area contributed by atoms with Gasteiger partial charge < -0.3 is 4.90 Å². The fourth-order valence-electron chi connectivity index (χ4n) is 4.00. The fraction of sp³-hybridized carbons (Fsp3) is 0.462. The molecule has 1 aromatic heterocycles. The Balaban J connectivity index is 1.77. The highest BCUT2D eigenvalue weighted by atomic mass is 32.2. The average molecular weight is 502 g/mol. The van der Waals surface area contributed by atoms with E-state index in [-0.39, 0.29) is 24.5 Å². The normalized spacial score (nSPS) is 11.9. The van der Waals surface area contributed by atoms with Gasteiger partial charge >= 0.3 is 0 Å². The van der Waals surface area contributed by atoms with E-state index in [9.17, 15) is 13.2 Å². The Kier molecular flexibility index (Phi) is 8.84. The Morgan fingerprint density at radius 3 is 2.29 bits per heavy atom. The molecule has 0 unspecified atom stereocenters. The minimum Gasteiger partial charge on any atom is -0.302 e. The van der Waals surface area contributed by atoms with E-state index in [1.807, 2.05) is 19.9 Å². The SMILES string of the molecule is CCN(CC)CCN(C(=O)CCCS(=O)(=O)c1ccc(C)cc1)c1nc2cc(C)cc(C)c2s1. The zero-order valence-corrected chi connectivity index (χ0v) is 22.4. The number of likely N-dealkylation sites (N-methyl/N-ethyl adjacent to an activating group) is 1. The van der Waals surface area contributed by atoms with Gasteiger partial charge in [-0.1, -0.05) is 48.9 Å². The maximum atomic E-state index is 13.3. The van der Waals surface area contributed by atoms with Crippen molar-refractivity contribution in [1.29, 1.82) is 0 Å². The average Bonchev–Trinajstić information content (AvgIpc) is 3.21. The lowest BCUT2D eigenvalue weighted by atomic mass is 10.1. The largest absolute Gasteiger partial charge is 0.302 e. The van der Waals surface area contributed by atoms with E-state index in [1.54, 1.807) is 29.2 Å². The smallest absolute Gasteiger partial charge is 0.228 e. The van der Waals surface area contributed by atoms with Crippen LogP contribution in [-0.4, -0.2) is 56.1 Å². The van der Waals surface area contributed by atoms with Crippen molar-refractivity contribution in [1.82, 2.24) is 9.88 Å². The minimum absolute atomic E-state index is 0.0518. The molecule has 0 saturated heterocycles. The molecule has 0 radical (unpaired) electrons. The number of rotatable bonds is 11. The van der Waals surface area contributed by atoms with E-state index in [1.165, 1.54) is 11.3 Å². The van der Waals surface area contributed by atoms with E-state index in [0.29, 0.717) is 16.6 Å². The fourth-order valence-corrected chi connectivity index (χ4v) is 6.37. The monoisotopic (exact) mass is 501 g/mol. The Morgan fingerprint density at radius 1 is 0.971 bits per heavy atom. The third-order valence-electron chi connectivity index (χ3n) is 6.06. The second-order valence-corrected chi connectivity index (χ2v) is 11.8. The number of fused-ring (bicyclic) bond motifs is 1. The number of sulfone groups is 1. The molecule has 184 valence electrons. The Bertz CT molecular complexity index is 1230. The van der Waals surface area contributed by atoms with Gasteiger partial charge in [0.05, 0.1) is 20.9 Å². The van der Waals surface area contributed by atoms with Gasteiger partial charge in [0.2, 0.25) is 5.91 Å². The second kappa shape index (κ2) is 11.4. The first-order chi connectivity index (χ1) is 16.1. The third kappa shape index (κ3) is 6.43. The molecule has 3 rings (SSSR count). The summed E-state index contributed by atoms with van der Waals surface area (Å²) in [5.41, 5.74) is 4.21. The molecule has 34 heavy (non-hydrogen) atoms. The Morgan fingerprint density at radius 2 is 1.65 bits per heavy atom. The molecule has 8 heteroatoms. The number of thiazole rings is 1. The van der Waals surface area contributed by atoms with E-state index >= 15 is 0 Å². The number of carbonyl (C=O) groups is 1. The lowest BCUT2D eigenvalue weighted by Crippen LogP contribution is -2.38. The highest BCUT2D eigenvalue weighted by Gasteiger charge is 2.22. The topological polar surface area (TPSA) is 70.6 Å². The number of anilines is 1. The summed E-state index contributed by atoms with van der Waals surface area (Å²) >= 11 is 1.53. The first-order valence-electron chi connectivity index (χ1n) is 11.8. The Hall–Kier alpha value is -2.29. The van der Waals surface area contributed by atoms with Crippen LogP contribution in [-0.2, 0) is 14.6 Å². The number of hydrogen-bond acceptors (Lipinski definition) is 6. The van der Waals surface area contributed by atoms with Crippen LogP contribution in [0.3, 0.4) is 0 Å². The maximum absolute atomic E-state index is 13.3. The van der Waals surface area contributed by atoms with Crippen LogP contribution >= 0.6 is 11.3 Å². The van der Waals surface area contributed by atoms with Crippen molar-refractivity contribution < 1.29 is 13.2 Å². The lowest BCUT2D eigenvalue weighted by molar-refractivity contribution is -0.118. The van der Waals surface area contributed by atoms with Gasteiger partial charge in [-0.05, 0) is 69.6 Å². The van der Waals surface area contributed by atoms with Gasteiger partial charge in [-0.2, -0.15) is 0 Å². The molecule has 2 aromatic carbocycles. The van der Waals surface area contributed by atoms with Crippen molar-refractivity contribution >= 4 is 42.4 Å². The number of aromatic nitrogens is 1. The summed E-state index contributed by atoms with van der Waals surface area (Å²) < 4.78 is 26.5. The number of nitrogens with zero attached hydrogens (tertiary/aromatic N) is 3. The molecule has 0 saturated carbocycles. The minimum atomic E-state index is -3.42. The van der Waals surface area contributed by atoms with Crippen molar-refractivity contribution in [3.63, 3.8) is 0 Å². The molecule has 0 aliphatic carbocycles. The predicted octanol–water partition coefficient (Wildman–Crippen LogP) is 5.15. The van der Waals surface area contributed by atoms with Crippen LogP contribution < -0.4 is 4.90 Å². The molecule has 0 aliphatic heterocycles. The number of amides is 1. The molecule has 0 fully saturated rings. The molecule has 1 heterocycles. The highest BCUT2D eigenvalue weighted by Crippen LogP contribution is 2.32. The van der Waals surface area contributed by atoms with E-state index in [0.717, 1.165) is 46.5 Å². The van der Waals surface area contributed by atoms with Crippen molar-refractivity contribution in [2.24, 2.45) is 0 Å². The summed E-state index contributed by atoms with van der Waals surface area (Å²) in [6.45, 7) is 13.3. The van der Waals surface area contributed by atoms with Crippen LogP contribution in [0.1, 0.15) is 43.4 Å². The Labute approximate surface area is 207 Å². The molecule has 0 spiro atoms. The van der Waals surface area contributed by atoms with Gasteiger partial charge in [0.15, 0.2) is 15.0 Å². The van der Waals surface area contributed by atoms with Crippen molar-refractivity contribution in [3.05, 3.63) is 53.1 Å². The van der Waals surface area contributed by atoms with Gasteiger partial charge in [0.1, 0.15) is 0 Å². The summed E-state index contributed by atoms with van der Waals surface area (Å²) in [5, 5.41) is 0.683. The molecule has 6 nitrogen and oxygen atoms in total. The zero-order valence-electron chi connectivity index (χ0n) is 20.8. The van der Waals surface area contributed by atoms with Gasteiger partial charge in [0, 0.05) is 19.5 Å². The van der Waals surface area contributed by atoms with Crippen LogP contribution in [0.5, 0.6) is 0 Å². The summed E-state index contributed by atoms with van der Waals surface area (Å²) in [6.07, 6.45) is 0.442. The summed E-state index contributed by atoms with van der Waals surface area (Å²) in [6, 6.07) is 11.0. The molecule has 0 atom stereocenters. The highest BCUT2D eigenvalue weighted by molar-refractivity contribution is 7.91. The summed E-state index contributed by atoms with van der Waals surface area (Å²) in [7, 11) is -3.42. The van der Waals surface area contributed by atoms with Gasteiger partial charge in [-0.3, -0.25) is 9.69 Å². The quantitative estimate of drug-likeness (QED) is 0.363. The van der Waals surface area contributed by atoms with Crippen LogP contribution in [0, 0.1) is 20.8 Å². The number of benzene rings is 2. The number of carbonyl (C=O) groups excluding carboxylic acids is 1. The van der Waals surface area contributed by atoms with Crippen molar-refractivity contribution in [3.8, 4) is 0 Å². The molecule has 0 aliphatic rings. The maximum Gasteiger partial charge on any atom is 0.228 e. The zero-order chi connectivity index (χ0) is 24.9. The molecule has 0 N–H and O–H groups in total. The molecular formula is C26H35N3O3S2.